The van der Waals surface area contributed by atoms with E-state index in [9.17, 15) is 19.5 Å². The smallest absolute Gasteiger partial charge is 0.336 e. The van der Waals surface area contributed by atoms with Crippen LogP contribution in [-0.2, 0) is 13.5 Å². The van der Waals surface area contributed by atoms with E-state index in [2.05, 4.69) is 0 Å². The Morgan fingerprint density at radius 1 is 1.09 bits per heavy atom. The Bertz CT molecular complexity index is 1420. The molecule has 8 heteroatoms. The molecule has 0 saturated carbocycles. The molecule has 3 N–H and O–H groups in total. The van der Waals surface area contributed by atoms with Gasteiger partial charge in [-0.3, -0.25) is 14.2 Å². The van der Waals surface area contributed by atoms with Gasteiger partial charge in [0.05, 0.1) is 5.69 Å². The molecule has 172 valence electrons. The average Bonchev–Trinajstić information content (AvgIpc) is 2.80. The number of anilines is 1. The predicted octanol–water partition coefficient (Wildman–Crippen LogP) is 2.72. The van der Waals surface area contributed by atoms with Gasteiger partial charge in [-0.05, 0) is 69.4 Å². The van der Waals surface area contributed by atoms with Crippen LogP contribution >= 0.6 is 0 Å². The number of nitrogen functional groups attached to an aromatic ring is 1. The number of nitrogens with two attached hydrogens (primary N) is 1. The van der Waals surface area contributed by atoms with Crippen LogP contribution in [0, 0.1) is 20.8 Å². The van der Waals surface area contributed by atoms with Gasteiger partial charge in [-0.2, -0.15) is 0 Å². The van der Waals surface area contributed by atoms with Crippen molar-refractivity contribution in [3.63, 3.8) is 0 Å². The number of nitrogens with zero attached hydrogens (tertiary/aromatic N) is 2. The lowest BCUT2D eigenvalue weighted by molar-refractivity contribution is 0.0427. The molecule has 1 aliphatic rings. The largest absolute Gasteiger partial charge is 0.507 e. The monoisotopic (exact) mass is 449 g/mol. The zero-order valence-electron chi connectivity index (χ0n) is 19.4. The van der Waals surface area contributed by atoms with Crippen LogP contribution in [-0.4, -0.2) is 25.6 Å². The number of ether oxygens (including phenoxy) is 1. The molecule has 1 unspecified atom stereocenters. The third kappa shape index (κ3) is 3.25. The van der Waals surface area contributed by atoms with Crippen LogP contribution in [0.15, 0.2) is 39.9 Å². The second-order valence-electron chi connectivity index (χ2n) is 8.77. The fourth-order valence-electron chi connectivity index (χ4n) is 4.44. The first-order valence-corrected chi connectivity index (χ1v) is 10.7. The molecule has 1 atom stereocenters. The summed E-state index contributed by atoms with van der Waals surface area (Å²) >= 11 is 0. The van der Waals surface area contributed by atoms with Crippen molar-refractivity contribution < 1.29 is 14.6 Å². The zero-order chi connectivity index (χ0) is 24.2. The molecule has 4 rings (SSSR count). The first kappa shape index (κ1) is 22.4. The lowest BCUT2D eigenvalue weighted by Gasteiger charge is -2.36. The second-order valence-corrected chi connectivity index (χ2v) is 8.77. The molecule has 1 aliphatic heterocycles. The summed E-state index contributed by atoms with van der Waals surface area (Å²) in [5.41, 5.74) is 6.65. The highest BCUT2D eigenvalue weighted by Crippen LogP contribution is 2.44. The minimum absolute atomic E-state index is 0.218. The number of ketones is 1. The summed E-state index contributed by atoms with van der Waals surface area (Å²) < 4.78 is 8.30. The van der Waals surface area contributed by atoms with Crippen molar-refractivity contribution >= 4 is 11.6 Å². The molecule has 33 heavy (non-hydrogen) atoms. The first-order chi connectivity index (χ1) is 15.5. The SMILES string of the molecule is Cc1c(C)c2c(c(C)c1O)CCC(C)(C(=O)c1c(N)n(-c3ccccc3)c(=O)n(C)c1=O)O2. The van der Waals surface area contributed by atoms with E-state index in [1.165, 1.54) is 7.05 Å². The molecule has 8 nitrogen and oxygen atoms in total. The highest BCUT2D eigenvalue weighted by molar-refractivity contribution is 6.05. The van der Waals surface area contributed by atoms with Crippen LogP contribution in [0.3, 0.4) is 0 Å². The Labute approximate surface area is 190 Å². The summed E-state index contributed by atoms with van der Waals surface area (Å²) in [6.45, 7) is 7.06. The number of rotatable bonds is 3. The van der Waals surface area contributed by atoms with Crippen LogP contribution < -0.4 is 21.7 Å². The van der Waals surface area contributed by atoms with E-state index in [1.54, 1.807) is 44.2 Å². The summed E-state index contributed by atoms with van der Waals surface area (Å²) in [7, 11) is 1.32. The number of Topliss-reactive ketones (excluding diaryl/α,β-unsaturated/α-hetero) is 1. The Hall–Kier alpha value is -3.81. The zero-order valence-corrected chi connectivity index (χ0v) is 19.4. The van der Waals surface area contributed by atoms with Crippen LogP contribution in [0.2, 0.25) is 0 Å². The van der Waals surface area contributed by atoms with Crippen LogP contribution in [0.25, 0.3) is 5.69 Å². The molecule has 0 aliphatic carbocycles. The Morgan fingerprint density at radius 2 is 1.73 bits per heavy atom. The Balaban J connectivity index is 1.89. The van der Waals surface area contributed by atoms with Gasteiger partial charge in [0.15, 0.2) is 5.60 Å². The summed E-state index contributed by atoms with van der Waals surface area (Å²) in [5, 5.41) is 10.4. The molecule has 0 saturated heterocycles. The fraction of sp³-hybridized carbons (Fsp3) is 0.320. The summed E-state index contributed by atoms with van der Waals surface area (Å²) in [6, 6.07) is 8.61. The molecule has 0 fully saturated rings. The minimum atomic E-state index is -1.37. The number of carbonyl (C=O) groups is 1. The number of carbonyl (C=O) groups excluding carboxylic acids is 1. The normalized spacial score (nSPS) is 17.4. The van der Waals surface area contributed by atoms with Crippen molar-refractivity contribution in [2.24, 2.45) is 7.05 Å². The molecular formula is C25H27N3O5. The maximum absolute atomic E-state index is 13.8. The maximum Gasteiger partial charge on any atom is 0.336 e. The highest BCUT2D eigenvalue weighted by atomic mass is 16.5. The molecule has 0 spiro atoms. The summed E-state index contributed by atoms with van der Waals surface area (Å²) in [6.07, 6.45) is 0.769. The van der Waals surface area contributed by atoms with E-state index >= 15 is 0 Å². The molecule has 0 radical (unpaired) electrons. The van der Waals surface area contributed by atoms with Crippen molar-refractivity contribution in [1.82, 2.24) is 9.13 Å². The number of fused-ring (bicyclic) bond motifs is 1. The van der Waals surface area contributed by atoms with Gasteiger partial charge < -0.3 is 15.6 Å². The average molecular weight is 450 g/mol. The van der Waals surface area contributed by atoms with Crippen molar-refractivity contribution in [2.75, 3.05) is 5.73 Å². The van der Waals surface area contributed by atoms with E-state index in [0.717, 1.165) is 25.8 Å². The van der Waals surface area contributed by atoms with Crippen molar-refractivity contribution in [3.05, 3.63) is 79.0 Å². The maximum atomic E-state index is 13.8. The second kappa shape index (κ2) is 7.65. The summed E-state index contributed by atoms with van der Waals surface area (Å²) in [5.74, 6) is -0.0436. The molecular weight excluding hydrogens is 422 g/mol. The van der Waals surface area contributed by atoms with Gasteiger partial charge in [-0.1, -0.05) is 18.2 Å². The van der Waals surface area contributed by atoms with Gasteiger partial charge in [0.1, 0.15) is 22.9 Å². The van der Waals surface area contributed by atoms with Gasteiger partial charge in [0.25, 0.3) is 5.56 Å². The molecule has 0 bridgehead atoms. The number of hydrogen-bond acceptors (Lipinski definition) is 6. The highest BCUT2D eigenvalue weighted by Gasteiger charge is 2.43. The van der Waals surface area contributed by atoms with Crippen molar-refractivity contribution in [3.8, 4) is 17.2 Å². The topological polar surface area (TPSA) is 117 Å². The number of phenolic OH excluding ortho intramolecular Hbond substituents is 1. The van der Waals surface area contributed by atoms with Crippen LogP contribution in [0.1, 0.15) is 46.0 Å². The molecule has 2 aromatic carbocycles. The first-order valence-electron chi connectivity index (χ1n) is 10.7. The molecule has 1 aromatic heterocycles. The fourth-order valence-corrected chi connectivity index (χ4v) is 4.44. The molecule has 0 amide bonds. The van der Waals surface area contributed by atoms with E-state index in [0.29, 0.717) is 23.4 Å². The number of para-hydroxylation sites is 1. The molecule has 2 heterocycles. The van der Waals surface area contributed by atoms with E-state index in [-0.39, 0.29) is 23.6 Å². The van der Waals surface area contributed by atoms with E-state index in [1.807, 2.05) is 13.8 Å². The quantitative estimate of drug-likeness (QED) is 0.594. The third-order valence-corrected chi connectivity index (χ3v) is 6.74. The number of aromatic nitrogens is 2. The summed E-state index contributed by atoms with van der Waals surface area (Å²) in [4.78, 5) is 39.7. The van der Waals surface area contributed by atoms with Crippen molar-refractivity contribution in [1.29, 1.82) is 0 Å². The Morgan fingerprint density at radius 3 is 2.36 bits per heavy atom. The van der Waals surface area contributed by atoms with E-state index < -0.39 is 22.6 Å². The van der Waals surface area contributed by atoms with E-state index in [4.69, 9.17) is 10.5 Å². The number of benzene rings is 2. The van der Waals surface area contributed by atoms with Crippen molar-refractivity contribution in [2.45, 2.75) is 46.1 Å². The lowest BCUT2D eigenvalue weighted by Crippen LogP contribution is -2.50. The van der Waals surface area contributed by atoms with Crippen LogP contribution in [0.5, 0.6) is 11.5 Å². The minimum Gasteiger partial charge on any atom is -0.507 e. The number of phenols is 1. The van der Waals surface area contributed by atoms with Gasteiger partial charge in [0, 0.05) is 12.6 Å². The number of aromatic hydroxyl groups is 1. The standard InChI is InChI=1S/C25H27N3O5/c1-13-14(2)20-17(15(3)19(13)29)11-12-25(4,33-20)21(30)18-22(26)28(16-9-7-6-8-10-16)24(32)27(5)23(18)31/h6-10,29H,11-12,26H2,1-5H3. The lowest BCUT2D eigenvalue weighted by atomic mass is 9.83. The van der Waals surface area contributed by atoms with Gasteiger partial charge >= 0.3 is 5.69 Å². The van der Waals surface area contributed by atoms with Crippen LogP contribution in [0.4, 0.5) is 5.82 Å². The Kier molecular flexibility index (Phi) is 5.19. The van der Waals surface area contributed by atoms with Gasteiger partial charge in [-0.25, -0.2) is 9.36 Å². The third-order valence-electron chi connectivity index (χ3n) is 6.74. The molecule has 3 aromatic rings. The number of hydrogen-bond donors (Lipinski definition) is 2. The van der Waals surface area contributed by atoms with Gasteiger partial charge in [0.2, 0.25) is 5.78 Å². The predicted molar refractivity (Wildman–Crippen MR) is 126 cm³/mol. The van der Waals surface area contributed by atoms with Gasteiger partial charge in [-0.15, -0.1) is 0 Å².